The van der Waals surface area contributed by atoms with Crippen molar-refractivity contribution in [2.24, 2.45) is 0 Å². The number of hydrogen-bond acceptors (Lipinski definition) is 4. The average molecular weight is 443 g/mol. The second kappa shape index (κ2) is 8.67. The van der Waals surface area contributed by atoms with Crippen LogP contribution in [0.1, 0.15) is 56.9 Å². The highest BCUT2D eigenvalue weighted by molar-refractivity contribution is 5.80. The molecule has 2 N–H and O–H groups in total. The largest absolute Gasteiger partial charge is 0.388 e. The number of carbonyl (C=O) groups excluding carboxylic acids is 2. The van der Waals surface area contributed by atoms with Gasteiger partial charge in [-0.15, -0.1) is 0 Å². The number of rotatable bonds is 7. The summed E-state index contributed by atoms with van der Waals surface area (Å²) in [6.45, 7) is 1.46. The van der Waals surface area contributed by atoms with E-state index >= 15 is 0 Å². The first kappa shape index (κ1) is 23.1. The summed E-state index contributed by atoms with van der Waals surface area (Å²) >= 11 is 0. The summed E-state index contributed by atoms with van der Waals surface area (Å²) in [6.07, 6.45) is 6.53. The fraction of sp³-hybridized carbons (Fsp3) is 0.680. The van der Waals surface area contributed by atoms with Gasteiger partial charge in [-0.25, -0.2) is 4.79 Å². The van der Waals surface area contributed by atoms with Gasteiger partial charge in [-0.2, -0.15) is 0 Å². The summed E-state index contributed by atoms with van der Waals surface area (Å²) in [7, 11) is 5.92. The van der Waals surface area contributed by atoms with Crippen molar-refractivity contribution in [1.29, 1.82) is 0 Å². The molecule has 1 spiro atoms. The van der Waals surface area contributed by atoms with E-state index in [9.17, 15) is 14.7 Å². The van der Waals surface area contributed by atoms with Gasteiger partial charge in [0.15, 0.2) is 0 Å². The zero-order valence-electron chi connectivity index (χ0n) is 19.8. The lowest BCUT2D eigenvalue weighted by Crippen LogP contribution is -2.59. The van der Waals surface area contributed by atoms with Crippen molar-refractivity contribution in [2.75, 3.05) is 40.8 Å². The van der Waals surface area contributed by atoms with Crippen LogP contribution in [0.5, 0.6) is 0 Å². The Balaban J connectivity index is 1.57. The van der Waals surface area contributed by atoms with Crippen molar-refractivity contribution in [2.45, 2.75) is 68.0 Å². The molecule has 4 rings (SSSR count). The lowest BCUT2D eigenvalue weighted by Gasteiger charge is -2.52. The molecule has 176 valence electrons. The fourth-order valence-electron chi connectivity index (χ4n) is 5.99. The SMILES string of the molecule is CNC(=O)CCN1C[C@]2(CC[C@@](c3ccccc3)(N(C)C)CC2)N(CC2(O)CCC2)C1=O. The third kappa shape index (κ3) is 4.01. The molecule has 3 amide bonds. The maximum Gasteiger partial charge on any atom is 0.320 e. The molecule has 3 fully saturated rings. The molecule has 2 aliphatic carbocycles. The Hall–Kier alpha value is -2.12. The number of nitrogens with one attached hydrogen (secondary N) is 1. The molecule has 1 aliphatic heterocycles. The maximum absolute atomic E-state index is 13.5. The molecule has 2 saturated carbocycles. The van der Waals surface area contributed by atoms with Gasteiger partial charge in [-0.3, -0.25) is 9.69 Å². The van der Waals surface area contributed by atoms with Gasteiger partial charge < -0.3 is 20.2 Å². The quantitative estimate of drug-likeness (QED) is 0.681. The number of nitrogens with zero attached hydrogens (tertiary/aromatic N) is 3. The van der Waals surface area contributed by atoms with Crippen LogP contribution in [0.2, 0.25) is 0 Å². The van der Waals surface area contributed by atoms with E-state index in [4.69, 9.17) is 0 Å². The van der Waals surface area contributed by atoms with Crippen molar-refractivity contribution in [3.8, 4) is 0 Å². The first-order chi connectivity index (χ1) is 15.2. The van der Waals surface area contributed by atoms with Gasteiger partial charge >= 0.3 is 6.03 Å². The Kier molecular flexibility index (Phi) is 6.25. The molecule has 0 atom stereocenters. The maximum atomic E-state index is 13.5. The van der Waals surface area contributed by atoms with E-state index in [-0.39, 0.29) is 23.0 Å². The van der Waals surface area contributed by atoms with Crippen LogP contribution in [0.4, 0.5) is 4.79 Å². The molecule has 1 aromatic carbocycles. The summed E-state index contributed by atoms with van der Waals surface area (Å²) < 4.78 is 0. The monoisotopic (exact) mass is 442 g/mol. The van der Waals surface area contributed by atoms with E-state index in [0.717, 1.165) is 44.9 Å². The Morgan fingerprint density at radius 1 is 1.09 bits per heavy atom. The van der Waals surface area contributed by atoms with Crippen LogP contribution < -0.4 is 5.32 Å². The second-order valence-electron chi connectivity index (χ2n) is 10.3. The van der Waals surface area contributed by atoms with Crippen molar-refractivity contribution in [3.63, 3.8) is 0 Å². The Labute approximate surface area is 191 Å². The molecule has 1 aromatic rings. The van der Waals surface area contributed by atoms with Crippen LogP contribution in [0.25, 0.3) is 0 Å². The molecule has 7 nitrogen and oxygen atoms in total. The molecule has 0 unspecified atom stereocenters. The van der Waals surface area contributed by atoms with E-state index in [1.165, 1.54) is 5.56 Å². The highest BCUT2D eigenvalue weighted by Crippen LogP contribution is 2.50. The van der Waals surface area contributed by atoms with Crippen LogP contribution in [0, 0.1) is 0 Å². The number of amides is 3. The first-order valence-corrected chi connectivity index (χ1v) is 12.0. The highest BCUT2D eigenvalue weighted by atomic mass is 16.3. The molecule has 1 heterocycles. The third-order valence-electron chi connectivity index (χ3n) is 8.36. The summed E-state index contributed by atoms with van der Waals surface area (Å²) in [5.41, 5.74) is 0.239. The van der Waals surface area contributed by atoms with Gasteiger partial charge in [0, 0.05) is 32.1 Å². The fourth-order valence-corrected chi connectivity index (χ4v) is 5.99. The number of benzene rings is 1. The lowest BCUT2D eigenvalue weighted by atomic mass is 9.67. The van der Waals surface area contributed by atoms with Crippen LogP contribution in [0.15, 0.2) is 30.3 Å². The molecule has 0 aromatic heterocycles. The molecule has 1 saturated heterocycles. The van der Waals surface area contributed by atoms with Gasteiger partial charge in [0.1, 0.15) is 0 Å². The first-order valence-electron chi connectivity index (χ1n) is 12.0. The van der Waals surface area contributed by atoms with Crippen molar-refractivity contribution >= 4 is 11.9 Å². The van der Waals surface area contributed by atoms with E-state index in [2.05, 4.69) is 54.6 Å². The van der Waals surface area contributed by atoms with Crippen LogP contribution in [0.3, 0.4) is 0 Å². The Morgan fingerprint density at radius 2 is 1.75 bits per heavy atom. The predicted molar refractivity (Wildman–Crippen MR) is 124 cm³/mol. The minimum absolute atomic E-state index is 0.0220. The van der Waals surface area contributed by atoms with Crippen LogP contribution in [-0.4, -0.2) is 83.7 Å². The van der Waals surface area contributed by atoms with Crippen LogP contribution in [-0.2, 0) is 10.3 Å². The third-order valence-corrected chi connectivity index (χ3v) is 8.36. The van der Waals surface area contributed by atoms with E-state index in [1.807, 2.05) is 9.80 Å². The van der Waals surface area contributed by atoms with Gasteiger partial charge in [0.25, 0.3) is 0 Å². The van der Waals surface area contributed by atoms with Crippen molar-refractivity contribution in [3.05, 3.63) is 35.9 Å². The zero-order chi connectivity index (χ0) is 23.0. The van der Waals surface area contributed by atoms with E-state index < -0.39 is 5.60 Å². The number of β-amino-alcohol motifs (C(OH)–C–C–N with tert-alkyl or cyclic N) is 1. The molecule has 7 heteroatoms. The summed E-state index contributed by atoms with van der Waals surface area (Å²) in [5, 5.41) is 13.6. The normalized spacial score (nSPS) is 29.5. The average Bonchev–Trinajstić information content (AvgIpc) is 3.03. The van der Waals surface area contributed by atoms with Gasteiger partial charge in [0.2, 0.25) is 5.91 Å². The molecule has 32 heavy (non-hydrogen) atoms. The lowest BCUT2D eigenvalue weighted by molar-refractivity contribution is -0.120. The predicted octanol–water partition coefficient (Wildman–Crippen LogP) is 2.54. The summed E-state index contributed by atoms with van der Waals surface area (Å²) in [6, 6.07) is 10.7. The summed E-state index contributed by atoms with van der Waals surface area (Å²) in [4.78, 5) is 31.4. The zero-order valence-corrected chi connectivity index (χ0v) is 19.8. The van der Waals surface area contributed by atoms with Gasteiger partial charge in [-0.1, -0.05) is 30.3 Å². The topological polar surface area (TPSA) is 76.1 Å². The summed E-state index contributed by atoms with van der Waals surface area (Å²) in [5.74, 6) is -0.0535. The van der Waals surface area contributed by atoms with Crippen molar-refractivity contribution in [1.82, 2.24) is 20.0 Å². The Bertz CT molecular complexity index is 829. The molecule has 0 bridgehead atoms. The highest BCUT2D eigenvalue weighted by Gasteiger charge is 2.56. The minimum atomic E-state index is -0.755. The van der Waals surface area contributed by atoms with Crippen molar-refractivity contribution < 1.29 is 14.7 Å². The number of hydrogen-bond donors (Lipinski definition) is 2. The van der Waals surface area contributed by atoms with E-state index in [0.29, 0.717) is 26.1 Å². The minimum Gasteiger partial charge on any atom is -0.388 e. The second-order valence-corrected chi connectivity index (χ2v) is 10.3. The van der Waals surface area contributed by atoms with E-state index in [1.54, 1.807) is 7.05 Å². The molecular formula is C25H38N4O3. The van der Waals surface area contributed by atoms with Gasteiger partial charge in [0.05, 0.1) is 17.7 Å². The standard InChI is InChI=1S/C25H38N4O3/c1-26-21(30)10-17-28-18-23(29(22(28)31)19-24(32)11-7-12-24)13-15-25(16-14-23,27(2)3)20-8-5-4-6-9-20/h4-6,8-9,32H,7,10-19H2,1-3H3,(H,26,30)/t23-,25-. The molecule has 0 radical (unpaired) electrons. The molecular weight excluding hydrogens is 404 g/mol. The van der Waals surface area contributed by atoms with Gasteiger partial charge in [-0.05, 0) is 64.6 Å². The molecule has 3 aliphatic rings. The smallest absolute Gasteiger partial charge is 0.320 e. The Morgan fingerprint density at radius 3 is 2.28 bits per heavy atom. The number of carbonyl (C=O) groups is 2. The number of aliphatic hydroxyl groups is 1. The van der Waals surface area contributed by atoms with Crippen LogP contribution >= 0.6 is 0 Å². The number of urea groups is 1.